The minimum absolute atomic E-state index is 0.0794. The molecule has 2 aromatic rings. The zero-order chi connectivity index (χ0) is 14.0. The summed E-state index contributed by atoms with van der Waals surface area (Å²) in [4.78, 5) is 0.0794. The first-order valence-electron chi connectivity index (χ1n) is 5.66. The Labute approximate surface area is 111 Å². The Hall–Kier alpha value is -1.82. The van der Waals surface area contributed by atoms with E-state index >= 15 is 0 Å². The Kier molecular flexibility index (Phi) is 3.61. The minimum atomic E-state index is -3.36. The summed E-state index contributed by atoms with van der Waals surface area (Å²) in [6.07, 6.45) is 4.16. The van der Waals surface area contributed by atoms with Crippen molar-refractivity contribution < 1.29 is 17.2 Å². The molecule has 0 bridgehead atoms. The summed E-state index contributed by atoms with van der Waals surface area (Å²) in [7, 11) is -3.36. The van der Waals surface area contributed by atoms with Crippen molar-refractivity contribution in [1.82, 2.24) is 0 Å². The van der Waals surface area contributed by atoms with Gasteiger partial charge in [-0.1, -0.05) is 0 Å². The molecule has 102 valence electrons. The van der Waals surface area contributed by atoms with Crippen LogP contribution in [0.15, 0.2) is 46.1 Å². The Morgan fingerprint density at radius 2 is 2.05 bits per heavy atom. The van der Waals surface area contributed by atoms with Gasteiger partial charge in [0.05, 0.1) is 29.2 Å². The predicted octanol–water partition coefficient (Wildman–Crippen LogP) is 3.00. The lowest BCUT2D eigenvalue weighted by Crippen LogP contribution is -2.08. The highest BCUT2D eigenvalue weighted by Crippen LogP contribution is 2.24. The first-order valence-corrected chi connectivity index (χ1v) is 7.55. The number of nitrogens with one attached hydrogen (secondary N) is 1. The third-order valence-corrected chi connectivity index (χ3v) is 3.89. The summed E-state index contributed by atoms with van der Waals surface area (Å²) < 4.78 is 41.5. The standard InChI is InChI=1S/C13H14FNO3S/c1-9(10-5-6-18-8-10)15-13-7-11(19(2,16)17)3-4-12(13)14/h3-9,15H,1-2H3. The molecule has 19 heavy (non-hydrogen) atoms. The molecule has 0 radical (unpaired) electrons. The SMILES string of the molecule is CC(Nc1cc(S(C)(=O)=O)ccc1F)c1ccoc1. The fourth-order valence-corrected chi connectivity index (χ4v) is 2.33. The van der Waals surface area contributed by atoms with Gasteiger partial charge in [0.15, 0.2) is 9.84 Å². The third-order valence-electron chi connectivity index (χ3n) is 2.78. The van der Waals surface area contributed by atoms with E-state index in [-0.39, 0.29) is 16.6 Å². The maximum Gasteiger partial charge on any atom is 0.175 e. The first kappa shape index (κ1) is 13.6. The normalized spacial score (nSPS) is 13.2. The minimum Gasteiger partial charge on any atom is -0.472 e. The van der Waals surface area contributed by atoms with Gasteiger partial charge in [-0.2, -0.15) is 0 Å². The molecule has 0 aliphatic carbocycles. The molecule has 2 rings (SSSR count). The molecular weight excluding hydrogens is 269 g/mol. The van der Waals surface area contributed by atoms with Crippen molar-refractivity contribution in [2.24, 2.45) is 0 Å². The Morgan fingerprint density at radius 3 is 2.63 bits per heavy atom. The lowest BCUT2D eigenvalue weighted by atomic mass is 10.1. The zero-order valence-corrected chi connectivity index (χ0v) is 11.4. The average Bonchev–Trinajstić information content (AvgIpc) is 2.84. The second kappa shape index (κ2) is 5.05. The number of rotatable bonds is 4. The molecule has 6 heteroatoms. The van der Waals surface area contributed by atoms with Crippen LogP contribution in [0.5, 0.6) is 0 Å². The second-order valence-electron chi connectivity index (χ2n) is 4.34. The Balaban J connectivity index is 2.30. The van der Waals surface area contributed by atoms with E-state index in [0.29, 0.717) is 0 Å². The van der Waals surface area contributed by atoms with Crippen LogP contribution in [0.3, 0.4) is 0 Å². The molecule has 1 atom stereocenters. The van der Waals surface area contributed by atoms with Crippen LogP contribution in [0, 0.1) is 5.82 Å². The van der Waals surface area contributed by atoms with Crippen molar-refractivity contribution in [3.05, 3.63) is 48.2 Å². The number of hydrogen-bond donors (Lipinski definition) is 1. The van der Waals surface area contributed by atoms with Crippen molar-refractivity contribution in [1.29, 1.82) is 0 Å². The van der Waals surface area contributed by atoms with Crippen molar-refractivity contribution in [2.75, 3.05) is 11.6 Å². The monoisotopic (exact) mass is 283 g/mol. The predicted molar refractivity (Wildman–Crippen MR) is 70.3 cm³/mol. The van der Waals surface area contributed by atoms with E-state index in [0.717, 1.165) is 17.9 Å². The van der Waals surface area contributed by atoms with E-state index in [4.69, 9.17) is 4.42 Å². The van der Waals surface area contributed by atoms with Gasteiger partial charge < -0.3 is 9.73 Å². The van der Waals surface area contributed by atoms with E-state index < -0.39 is 15.7 Å². The van der Waals surface area contributed by atoms with Crippen LogP contribution in [0.4, 0.5) is 10.1 Å². The van der Waals surface area contributed by atoms with Gasteiger partial charge in [0, 0.05) is 11.8 Å². The number of halogens is 1. The van der Waals surface area contributed by atoms with Gasteiger partial charge in [-0.05, 0) is 31.2 Å². The molecular formula is C13H14FNO3S. The van der Waals surface area contributed by atoms with Crippen LogP contribution in [0.2, 0.25) is 0 Å². The number of anilines is 1. The van der Waals surface area contributed by atoms with Crippen LogP contribution in [0.1, 0.15) is 18.5 Å². The zero-order valence-electron chi connectivity index (χ0n) is 10.6. The summed E-state index contributed by atoms with van der Waals surface area (Å²) in [6, 6.07) is 5.25. The molecule has 1 aromatic heterocycles. The van der Waals surface area contributed by atoms with Crippen molar-refractivity contribution in [3.63, 3.8) is 0 Å². The van der Waals surface area contributed by atoms with Crippen molar-refractivity contribution in [2.45, 2.75) is 17.9 Å². The lowest BCUT2D eigenvalue weighted by molar-refractivity contribution is 0.561. The van der Waals surface area contributed by atoms with E-state index in [1.165, 1.54) is 18.4 Å². The number of furan rings is 1. The van der Waals surface area contributed by atoms with Gasteiger partial charge in [-0.15, -0.1) is 0 Å². The highest BCUT2D eigenvalue weighted by atomic mass is 32.2. The summed E-state index contributed by atoms with van der Waals surface area (Å²) in [5, 5.41) is 2.93. The van der Waals surface area contributed by atoms with Gasteiger partial charge in [0.1, 0.15) is 5.82 Å². The highest BCUT2D eigenvalue weighted by molar-refractivity contribution is 7.90. The molecule has 0 spiro atoms. The van der Waals surface area contributed by atoms with E-state index in [2.05, 4.69) is 5.32 Å². The largest absolute Gasteiger partial charge is 0.472 e. The number of hydrogen-bond acceptors (Lipinski definition) is 4. The summed E-state index contributed by atoms with van der Waals surface area (Å²) >= 11 is 0. The Bertz CT molecular complexity index is 665. The summed E-state index contributed by atoms with van der Waals surface area (Å²) in [5.41, 5.74) is 1.00. The van der Waals surface area contributed by atoms with Crippen LogP contribution in [-0.2, 0) is 9.84 Å². The first-order chi connectivity index (χ1) is 8.88. The van der Waals surface area contributed by atoms with Gasteiger partial charge in [0.2, 0.25) is 0 Å². The molecule has 1 unspecified atom stereocenters. The molecule has 0 fully saturated rings. The molecule has 1 heterocycles. The van der Waals surface area contributed by atoms with Crippen molar-refractivity contribution in [3.8, 4) is 0 Å². The van der Waals surface area contributed by atoms with Gasteiger partial charge in [0.25, 0.3) is 0 Å². The maximum atomic E-state index is 13.7. The van der Waals surface area contributed by atoms with Gasteiger partial charge in [-0.3, -0.25) is 0 Å². The lowest BCUT2D eigenvalue weighted by Gasteiger charge is -2.15. The quantitative estimate of drug-likeness (QED) is 0.876. The molecule has 0 saturated carbocycles. The third kappa shape index (κ3) is 3.14. The smallest absolute Gasteiger partial charge is 0.175 e. The summed E-state index contributed by atoms with van der Waals surface area (Å²) in [5.74, 6) is -0.497. The molecule has 1 N–H and O–H groups in total. The van der Waals surface area contributed by atoms with Gasteiger partial charge in [-0.25, -0.2) is 12.8 Å². The van der Waals surface area contributed by atoms with Crippen LogP contribution < -0.4 is 5.32 Å². The number of sulfone groups is 1. The average molecular weight is 283 g/mol. The van der Waals surface area contributed by atoms with Crippen molar-refractivity contribution >= 4 is 15.5 Å². The van der Waals surface area contributed by atoms with E-state index in [1.54, 1.807) is 12.3 Å². The van der Waals surface area contributed by atoms with Gasteiger partial charge >= 0.3 is 0 Å². The van der Waals surface area contributed by atoms with E-state index in [1.807, 2.05) is 6.92 Å². The molecule has 1 aromatic carbocycles. The van der Waals surface area contributed by atoms with Crippen LogP contribution in [-0.4, -0.2) is 14.7 Å². The topological polar surface area (TPSA) is 59.3 Å². The fraction of sp³-hybridized carbons (Fsp3) is 0.231. The fourth-order valence-electron chi connectivity index (χ4n) is 1.68. The molecule has 0 amide bonds. The molecule has 0 saturated heterocycles. The molecule has 0 aliphatic heterocycles. The maximum absolute atomic E-state index is 13.7. The highest BCUT2D eigenvalue weighted by Gasteiger charge is 2.13. The molecule has 0 aliphatic rings. The Morgan fingerprint density at radius 1 is 1.32 bits per heavy atom. The summed E-state index contributed by atoms with van der Waals surface area (Å²) in [6.45, 7) is 1.83. The number of benzene rings is 1. The van der Waals surface area contributed by atoms with Crippen LogP contribution >= 0.6 is 0 Å². The second-order valence-corrected chi connectivity index (χ2v) is 6.35. The van der Waals surface area contributed by atoms with E-state index in [9.17, 15) is 12.8 Å². The van der Waals surface area contributed by atoms with Crippen LogP contribution in [0.25, 0.3) is 0 Å². The molecule has 4 nitrogen and oxygen atoms in total.